The van der Waals surface area contributed by atoms with Crippen molar-refractivity contribution in [2.75, 3.05) is 0 Å². The number of rotatable bonds is 2. The lowest BCUT2D eigenvalue weighted by molar-refractivity contribution is 0.796. The van der Waals surface area contributed by atoms with E-state index in [2.05, 4.69) is 175 Å². The number of hydrogen-bond acceptors (Lipinski definition) is 1. The van der Waals surface area contributed by atoms with E-state index in [0.29, 0.717) is 0 Å². The van der Waals surface area contributed by atoms with Gasteiger partial charge in [0.1, 0.15) is 5.82 Å². The van der Waals surface area contributed by atoms with Gasteiger partial charge in [0.05, 0.1) is 16.4 Å². The minimum absolute atomic E-state index is 0.423. The number of para-hydroxylation sites is 2. The molecule has 0 unspecified atom stereocenters. The number of aryl methyl sites for hydroxylation is 1. The molecule has 2 aliphatic carbocycles. The average molecular weight is 623 g/mol. The highest BCUT2D eigenvalue weighted by molar-refractivity contribution is 6.12. The first-order chi connectivity index (χ1) is 24.2. The summed E-state index contributed by atoms with van der Waals surface area (Å²) < 4.78 is 2.25. The quantitative estimate of drug-likeness (QED) is 0.188. The molecule has 9 aromatic rings. The Morgan fingerprint density at radius 3 is 1.84 bits per heavy atom. The standard InChI is InChI=1S/C47H30N2/c1-29-48-44-20-10-11-21-45(44)49(29)33-24-22-30(23-25-33)38-28-43-46(37-17-5-4-14-34(37)38)39-26-31-12-2-3-13-32(31)27-42(39)47(43)40-18-8-6-15-35(40)36-16-7-9-19-41(36)47/h2-28H,1H3. The zero-order chi connectivity index (χ0) is 32.3. The van der Waals surface area contributed by atoms with E-state index in [1.807, 2.05) is 0 Å². The molecule has 0 bridgehead atoms. The van der Waals surface area contributed by atoms with Gasteiger partial charge < -0.3 is 0 Å². The number of imidazole rings is 1. The van der Waals surface area contributed by atoms with Gasteiger partial charge in [0.15, 0.2) is 0 Å². The Labute approximate surface area is 284 Å². The van der Waals surface area contributed by atoms with Gasteiger partial charge in [-0.05, 0) is 127 Å². The zero-order valence-electron chi connectivity index (χ0n) is 27.0. The second kappa shape index (κ2) is 9.65. The summed E-state index contributed by atoms with van der Waals surface area (Å²) in [5.74, 6) is 0.989. The molecule has 0 N–H and O–H groups in total. The van der Waals surface area contributed by atoms with Crippen molar-refractivity contribution in [3.8, 4) is 39.1 Å². The maximum Gasteiger partial charge on any atom is 0.111 e. The van der Waals surface area contributed by atoms with Crippen LogP contribution in [0.2, 0.25) is 0 Å². The largest absolute Gasteiger partial charge is 0.297 e. The molecule has 0 saturated heterocycles. The van der Waals surface area contributed by atoms with E-state index >= 15 is 0 Å². The molecule has 11 rings (SSSR count). The van der Waals surface area contributed by atoms with Crippen LogP contribution in [0.5, 0.6) is 0 Å². The molecule has 0 amide bonds. The number of aromatic nitrogens is 2. The Bertz CT molecular complexity index is 2790. The van der Waals surface area contributed by atoms with Gasteiger partial charge in [0.25, 0.3) is 0 Å². The van der Waals surface area contributed by atoms with Crippen LogP contribution in [0.1, 0.15) is 28.1 Å². The fourth-order valence-corrected chi connectivity index (χ4v) is 9.18. The molecule has 2 aliphatic rings. The summed E-state index contributed by atoms with van der Waals surface area (Å²) in [7, 11) is 0. The molecule has 2 heteroatoms. The van der Waals surface area contributed by atoms with Gasteiger partial charge in [-0.1, -0.05) is 121 Å². The van der Waals surface area contributed by atoms with Crippen LogP contribution in [0.4, 0.5) is 0 Å². The van der Waals surface area contributed by atoms with Crippen molar-refractivity contribution in [2.45, 2.75) is 12.3 Å². The van der Waals surface area contributed by atoms with Gasteiger partial charge in [-0.15, -0.1) is 0 Å². The van der Waals surface area contributed by atoms with E-state index in [-0.39, 0.29) is 0 Å². The second-order valence-electron chi connectivity index (χ2n) is 13.5. The molecule has 49 heavy (non-hydrogen) atoms. The number of hydrogen-bond donors (Lipinski definition) is 0. The maximum absolute atomic E-state index is 4.83. The molecule has 228 valence electrons. The minimum Gasteiger partial charge on any atom is -0.297 e. The maximum atomic E-state index is 4.83. The summed E-state index contributed by atoms with van der Waals surface area (Å²) in [6, 6.07) is 60.9. The lowest BCUT2D eigenvalue weighted by Crippen LogP contribution is -2.26. The fraction of sp³-hybridized carbons (Fsp3) is 0.0426. The van der Waals surface area contributed by atoms with Crippen molar-refractivity contribution in [3.05, 3.63) is 192 Å². The van der Waals surface area contributed by atoms with E-state index in [1.54, 1.807) is 0 Å². The molecule has 2 nitrogen and oxygen atoms in total. The van der Waals surface area contributed by atoms with Crippen LogP contribution in [-0.4, -0.2) is 9.55 Å². The van der Waals surface area contributed by atoms with Gasteiger partial charge in [0.2, 0.25) is 0 Å². The van der Waals surface area contributed by atoms with Crippen LogP contribution in [0.15, 0.2) is 164 Å². The Hall–Kier alpha value is -6.25. The first kappa shape index (κ1) is 26.8. The van der Waals surface area contributed by atoms with Crippen LogP contribution in [-0.2, 0) is 5.41 Å². The smallest absolute Gasteiger partial charge is 0.111 e. The van der Waals surface area contributed by atoms with E-state index in [0.717, 1.165) is 22.5 Å². The van der Waals surface area contributed by atoms with E-state index < -0.39 is 5.41 Å². The van der Waals surface area contributed by atoms with Crippen LogP contribution >= 0.6 is 0 Å². The summed E-state index contributed by atoms with van der Waals surface area (Å²) in [6.45, 7) is 2.08. The van der Waals surface area contributed by atoms with Crippen LogP contribution in [0.3, 0.4) is 0 Å². The van der Waals surface area contributed by atoms with Crippen molar-refractivity contribution in [3.63, 3.8) is 0 Å². The number of fused-ring (bicyclic) bond motifs is 14. The molecule has 1 heterocycles. The summed E-state index contributed by atoms with van der Waals surface area (Å²) in [4.78, 5) is 4.83. The molecule has 0 radical (unpaired) electrons. The van der Waals surface area contributed by atoms with Gasteiger partial charge in [0, 0.05) is 5.69 Å². The molecule has 1 spiro atoms. The second-order valence-corrected chi connectivity index (χ2v) is 13.5. The van der Waals surface area contributed by atoms with Crippen LogP contribution < -0.4 is 0 Å². The average Bonchev–Trinajstić information content (AvgIpc) is 3.76. The molecule has 1 aromatic heterocycles. The molecule has 0 saturated carbocycles. The summed E-state index contributed by atoms with van der Waals surface area (Å²) in [5.41, 5.74) is 16.1. The van der Waals surface area contributed by atoms with Gasteiger partial charge in [-0.25, -0.2) is 4.98 Å². The topological polar surface area (TPSA) is 17.8 Å². The Kier molecular flexibility index (Phi) is 5.28. The minimum atomic E-state index is -0.423. The van der Waals surface area contributed by atoms with Crippen LogP contribution in [0, 0.1) is 6.92 Å². The summed E-state index contributed by atoms with van der Waals surface area (Å²) in [6.07, 6.45) is 0. The van der Waals surface area contributed by atoms with E-state index in [1.165, 1.54) is 77.2 Å². The summed E-state index contributed by atoms with van der Waals surface area (Å²) >= 11 is 0. The van der Waals surface area contributed by atoms with E-state index in [9.17, 15) is 0 Å². The first-order valence-corrected chi connectivity index (χ1v) is 17.1. The highest BCUT2D eigenvalue weighted by Gasteiger charge is 2.52. The zero-order valence-corrected chi connectivity index (χ0v) is 27.0. The summed E-state index contributed by atoms with van der Waals surface area (Å²) in [5, 5.41) is 5.12. The normalized spacial score (nSPS) is 13.6. The molecular weight excluding hydrogens is 593 g/mol. The number of benzene rings is 8. The van der Waals surface area contributed by atoms with Crippen molar-refractivity contribution in [2.24, 2.45) is 0 Å². The lowest BCUT2D eigenvalue weighted by atomic mass is 9.69. The molecule has 0 fully saturated rings. The van der Waals surface area contributed by atoms with Crippen molar-refractivity contribution in [1.29, 1.82) is 0 Å². The van der Waals surface area contributed by atoms with Crippen molar-refractivity contribution < 1.29 is 0 Å². The SMILES string of the molecule is Cc1nc2ccccc2n1-c1ccc(-c2cc3c(c4ccccc24)-c2cc4ccccc4cc2C32c3ccccc3-c3ccccc32)cc1. The third kappa shape index (κ3) is 3.43. The Morgan fingerprint density at radius 2 is 1.08 bits per heavy atom. The molecule has 0 aliphatic heterocycles. The van der Waals surface area contributed by atoms with Gasteiger partial charge >= 0.3 is 0 Å². The lowest BCUT2D eigenvalue weighted by Gasteiger charge is -2.31. The first-order valence-electron chi connectivity index (χ1n) is 17.1. The number of nitrogens with zero attached hydrogens (tertiary/aromatic N) is 2. The van der Waals surface area contributed by atoms with Crippen LogP contribution in [0.25, 0.3) is 71.6 Å². The van der Waals surface area contributed by atoms with Gasteiger partial charge in [-0.3, -0.25) is 4.57 Å². The van der Waals surface area contributed by atoms with Crippen molar-refractivity contribution >= 4 is 32.6 Å². The predicted molar refractivity (Wildman–Crippen MR) is 203 cm³/mol. The van der Waals surface area contributed by atoms with Crippen molar-refractivity contribution in [1.82, 2.24) is 9.55 Å². The molecule has 8 aromatic carbocycles. The third-order valence-corrected chi connectivity index (χ3v) is 11.1. The molecule has 0 atom stereocenters. The van der Waals surface area contributed by atoms with Gasteiger partial charge in [-0.2, -0.15) is 0 Å². The predicted octanol–water partition coefficient (Wildman–Crippen LogP) is 11.7. The highest BCUT2D eigenvalue weighted by Crippen LogP contribution is 2.64. The van der Waals surface area contributed by atoms with E-state index in [4.69, 9.17) is 4.98 Å². The monoisotopic (exact) mass is 622 g/mol. The fourth-order valence-electron chi connectivity index (χ4n) is 9.18. The highest BCUT2D eigenvalue weighted by atomic mass is 15.1. The molecular formula is C47H30N2. The Morgan fingerprint density at radius 1 is 0.469 bits per heavy atom. The third-order valence-electron chi connectivity index (χ3n) is 11.1. The Balaban J connectivity index is 1.23.